The highest BCUT2D eigenvalue weighted by Crippen LogP contribution is 2.32. The van der Waals surface area contributed by atoms with E-state index in [1.165, 1.54) is 23.5 Å². The van der Waals surface area contributed by atoms with Crippen LogP contribution in [-0.4, -0.2) is 69.5 Å². The lowest BCUT2D eigenvalue weighted by Crippen LogP contribution is -2.13. The summed E-state index contributed by atoms with van der Waals surface area (Å²) in [4.78, 5) is 30.3. The van der Waals surface area contributed by atoms with Crippen molar-refractivity contribution in [2.45, 2.75) is 60.9 Å². The van der Waals surface area contributed by atoms with Gasteiger partial charge in [-0.25, -0.2) is 19.0 Å². The molecule has 0 aromatic carbocycles. The van der Waals surface area contributed by atoms with Gasteiger partial charge in [-0.2, -0.15) is 10.2 Å². The van der Waals surface area contributed by atoms with Gasteiger partial charge in [0.1, 0.15) is 15.9 Å². The van der Waals surface area contributed by atoms with E-state index in [4.69, 9.17) is 40.5 Å². The number of amides is 1. The molecule has 0 radical (unpaired) electrons. The summed E-state index contributed by atoms with van der Waals surface area (Å²) < 4.78 is 6.91. The molecular weight excluding hydrogens is 807 g/mol. The van der Waals surface area contributed by atoms with Crippen molar-refractivity contribution in [2.24, 2.45) is 11.8 Å². The molecule has 2 saturated carbocycles. The molecule has 1 amide bonds. The molecule has 0 aliphatic heterocycles. The van der Waals surface area contributed by atoms with Crippen LogP contribution in [0.4, 0.5) is 11.6 Å². The Balaban J connectivity index is 0.000000160. The number of rotatable bonds is 7. The number of nitrogen functional groups attached to an aromatic ring is 1. The van der Waals surface area contributed by atoms with Crippen molar-refractivity contribution < 1.29 is 9.59 Å². The molecule has 21 heteroatoms. The van der Waals surface area contributed by atoms with Crippen LogP contribution in [0.1, 0.15) is 40.5 Å². The average Bonchev–Trinajstić information content (AvgIpc) is 4.03. The number of carbonyl (C=O) groups is 2. The maximum absolute atomic E-state index is 11.9. The Labute approximate surface area is 337 Å². The van der Waals surface area contributed by atoms with E-state index < -0.39 is 0 Å². The molecule has 0 unspecified atom stereocenters. The van der Waals surface area contributed by atoms with Crippen molar-refractivity contribution in [1.29, 1.82) is 0 Å². The molecule has 8 aromatic heterocycles. The second-order valence-electron chi connectivity index (χ2n) is 11.9. The quantitative estimate of drug-likeness (QED) is 0.150. The fourth-order valence-corrected chi connectivity index (χ4v) is 6.91. The van der Waals surface area contributed by atoms with Gasteiger partial charge in [-0.1, -0.05) is 38.1 Å². The van der Waals surface area contributed by atoms with Gasteiger partial charge in [0.15, 0.2) is 28.4 Å². The Morgan fingerprint density at radius 3 is 1.64 bits per heavy atom. The van der Waals surface area contributed by atoms with Crippen LogP contribution in [0.5, 0.6) is 0 Å². The van der Waals surface area contributed by atoms with Crippen LogP contribution < -0.4 is 11.1 Å². The van der Waals surface area contributed by atoms with Gasteiger partial charge in [-0.15, -0.1) is 20.4 Å². The third-order valence-corrected chi connectivity index (χ3v) is 10.3. The van der Waals surface area contributed by atoms with Crippen molar-refractivity contribution >= 4 is 104 Å². The van der Waals surface area contributed by atoms with Crippen LogP contribution in [0, 0.1) is 11.8 Å². The fourth-order valence-electron chi connectivity index (χ4n) is 4.81. The van der Waals surface area contributed by atoms with Crippen molar-refractivity contribution in [3.8, 4) is 0 Å². The summed E-state index contributed by atoms with van der Waals surface area (Å²) in [5, 5.41) is 32.2. The third kappa shape index (κ3) is 9.45. The van der Waals surface area contributed by atoms with E-state index in [-0.39, 0.29) is 37.8 Å². The first-order valence-corrected chi connectivity index (χ1v) is 18.8. The third-order valence-electron chi connectivity index (χ3n) is 7.77. The molecule has 0 bridgehead atoms. The lowest BCUT2D eigenvalue weighted by atomic mass is 10.4. The number of fused-ring (bicyclic) bond motifs is 4. The maximum atomic E-state index is 11.9. The standard InChI is InChI=1S/C16H12ClN7OS.C12H8ClN7S.C4H5ClO.2CH4/c17-10-3-4-13-20-21-16(23(13)7-10)26-14-6-5-12-18-11(8-24(12)22-14)19-15(25)9-1-2-9;13-7-1-2-10-16-17-12(19(10)5-7)21-11-4-3-9-15-8(14)6-20(9)18-11;5-4(6)3-1-2-3;;/h3-9H,1-2H2,(H,19,25);1-6H,14H2;3H,1-2H2;2*1H4. The first-order chi connectivity index (χ1) is 25.6. The number of nitrogens with zero attached hydrogens (tertiary/aromatic N) is 12. The van der Waals surface area contributed by atoms with Crippen molar-refractivity contribution in [1.82, 2.24) is 58.4 Å². The monoisotopic (exact) mass is 838 g/mol. The highest BCUT2D eigenvalue weighted by atomic mass is 35.5. The number of halogens is 3. The molecule has 284 valence electrons. The largest absolute Gasteiger partial charge is 0.382 e. The highest BCUT2D eigenvalue weighted by molar-refractivity contribution is 7.99. The Hall–Kier alpha value is -5.01. The minimum atomic E-state index is -0.157. The number of carbonyl (C=O) groups excluding carboxylic acids is 2. The van der Waals surface area contributed by atoms with Crippen LogP contribution in [0.2, 0.25) is 10.0 Å². The number of imidazole rings is 2. The first-order valence-electron chi connectivity index (χ1n) is 16.0. The number of hydrogen-bond acceptors (Lipinski definition) is 13. The van der Waals surface area contributed by atoms with Crippen molar-refractivity contribution in [3.63, 3.8) is 0 Å². The van der Waals surface area contributed by atoms with Gasteiger partial charge in [0.25, 0.3) is 0 Å². The topological polar surface area (TPSA) is 193 Å². The smallest absolute Gasteiger partial charge is 0.228 e. The minimum Gasteiger partial charge on any atom is -0.382 e. The first kappa shape index (κ1) is 39.7. The van der Waals surface area contributed by atoms with Gasteiger partial charge in [0.05, 0.1) is 22.4 Å². The molecule has 16 nitrogen and oxygen atoms in total. The molecule has 2 fully saturated rings. The van der Waals surface area contributed by atoms with Gasteiger partial charge in [-0.3, -0.25) is 18.4 Å². The summed E-state index contributed by atoms with van der Waals surface area (Å²) in [6.07, 6.45) is 10.8. The molecule has 0 saturated heterocycles. The molecule has 8 heterocycles. The zero-order chi connectivity index (χ0) is 36.6. The van der Waals surface area contributed by atoms with Gasteiger partial charge in [0, 0.05) is 24.2 Å². The summed E-state index contributed by atoms with van der Waals surface area (Å²) in [6.45, 7) is 0. The Morgan fingerprint density at radius 1 is 0.655 bits per heavy atom. The maximum Gasteiger partial charge on any atom is 0.228 e. The van der Waals surface area contributed by atoms with E-state index in [0.29, 0.717) is 48.9 Å². The molecular formula is C34H33Cl3N14O2S2. The second-order valence-corrected chi connectivity index (χ2v) is 15.1. The van der Waals surface area contributed by atoms with E-state index in [2.05, 4.69) is 45.9 Å². The Kier molecular flexibility index (Phi) is 12.1. The van der Waals surface area contributed by atoms with Gasteiger partial charge in [-0.05, 0) is 109 Å². The predicted molar refractivity (Wildman–Crippen MR) is 213 cm³/mol. The molecule has 2 aliphatic carbocycles. The van der Waals surface area contributed by atoms with E-state index in [0.717, 1.165) is 41.4 Å². The second kappa shape index (κ2) is 16.8. The fraction of sp³-hybridized carbons (Fsp3) is 0.235. The van der Waals surface area contributed by atoms with E-state index in [1.807, 2.05) is 39.1 Å². The number of pyridine rings is 2. The van der Waals surface area contributed by atoms with Crippen LogP contribution in [0.25, 0.3) is 22.6 Å². The molecule has 2 aliphatic rings. The Morgan fingerprint density at radius 2 is 1.15 bits per heavy atom. The summed E-state index contributed by atoms with van der Waals surface area (Å²) >= 11 is 19.8. The lowest BCUT2D eigenvalue weighted by Gasteiger charge is -2.00. The molecule has 10 rings (SSSR count). The normalized spacial score (nSPS) is 13.4. The zero-order valence-electron chi connectivity index (χ0n) is 27.1. The number of nitrogens with two attached hydrogens (primary N) is 1. The van der Waals surface area contributed by atoms with Crippen LogP contribution >= 0.6 is 58.3 Å². The molecule has 55 heavy (non-hydrogen) atoms. The van der Waals surface area contributed by atoms with Crippen molar-refractivity contribution in [3.05, 3.63) is 83.4 Å². The number of anilines is 2. The molecule has 0 spiro atoms. The van der Waals surface area contributed by atoms with E-state index in [9.17, 15) is 9.59 Å². The highest BCUT2D eigenvalue weighted by Gasteiger charge is 2.30. The van der Waals surface area contributed by atoms with E-state index in [1.54, 1.807) is 52.0 Å². The Bertz CT molecular complexity index is 2650. The zero-order valence-corrected chi connectivity index (χ0v) is 31.0. The van der Waals surface area contributed by atoms with Crippen molar-refractivity contribution in [2.75, 3.05) is 11.1 Å². The van der Waals surface area contributed by atoms with Crippen LogP contribution in [-0.2, 0) is 9.59 Å². The van der Waals surface area contributed by atoms with E-state index >= 15 is 0 Å². The summed E-state index contributed by atoms with van der Waals surface area (Å²) in [7, 11) is 0. The average molecular weight is 840 g/mol. The van der Waals surface area contributed by atoms with Gasteiger partial charge in [0.2, 0.25) is 21.5 Å². The summed E-state index contributed by atoms with van der Waals surface area (Å²) in [5.41, 5.74) is 8.45. The number of hydrogen-bond donors (Lipinski definition) is 2. The summed E-state index contributed by atoms with van der Waals surface area (Å²) in [6, 6.07) is 14.6. The lowest BCUT2D eigenvalue weighted by molar-refractivity contribution is -0.117. The molecule has 3 N–H and O–H groups in total. The predicted octanol–water partition coefficient (Wildman–Crippen LogP) is 7.52. The minimum absolute atomic E-state index is 0. The van der Waals surface area contributed by atoms with Gasteiger partial charge < -0.3 is 11.1 Å². The molecule has 8 aromatic rings. The summed E-state index contributed by atoms with van der Waals surface area (Å²) in [5.74, 6) is 1.33. The van der Waals surface area contributed by atoms with Crippen LogP contribution in [0.15, 0.2) is 93.7 Å². The van der Waals surface area contributed by atoms with Crippen LogP contribution in [0.3, 0.4) is 0 Å². The number of nitrogens with one attached hydrogen (secondary N) is 1. The molecule has 0 atom stereocenters. The number of aromatic nitrogens is 12. The van der Waals surface area contributed by atoms with Gasteiger partial charge >= 0.3 is 0 Å². The SMILES string of the molecule is C.C.Nc1cn2nc(Sc3nnc4ccc(Cl)cn34)ccc2n1.O=C(Cl)C1CC1.O=C(Nc1cn2nc(Sc3nnc4ccc(Cl)cn34)ccc2n1)C1CC1.